The number of hydrogen-bond acceptors (Lipinski definition) is 4. The number of piperidine rings is 1. The molecular formula is C22H25NO5. The lowest BCUT2D eigenvalue weighted by Crippen LogP contribution is -2.49. The molecule has 1 heterocycles. The zero-order chi connectivity index (χ0) is 20.3. The number of ether oxygens (including phenoxy) is 2. The van der Waals surface area contributed by atoms with Crippen LogP contribution in [0.2, 0.25) is 0 Å². The average molecular weight is 383 g/mol. The van der Waals surface area contributed by atoms with Crippen molar-refractivity contribution >= 4 is 11.9 Å². The standard InChI is InChI=1S/C22H25NO5/c1-15-18(27-2)13-16(14-19(15)28-3)20(24)23-11-9-22(10-12-23,21(25)26)17-7-5-4-6-8-17/h4-8,13-14H,9-12H2,1-3H3,(H,25,26). The topological polar surface area (TPSA) is 76.1 Å². The van der Waals surface area contributed by atoms with Gasteiger partial charge in [-0.2, -0.15) is 0 Å². The van der Waals surface area contributed by atoms with Gasteiger partial charge in [0, 0.05) is 24.2 Å². The maximum atomic E-state index is 13.0. The predicted octanol–water partition coefficient (Wildman–Crippen LogP) is 3.27. The molecular weight excluding hydrogens is 358 g/mol. The summed E-state index contributed by atoms with van der Waals surface area (Å²) in [5, 5.41) is 9.91. The second kappa shape index (κ2) is 7.92. The summed E-state index contributed by atoms with van der Waals surface area (Å²) in [7, 11) is 3.11. The average Bonchev–Trinajstić information content (AvgIpc) is 2.74. The van der Waals surface area contributed by atoms with E-state index < -0.39 is 11.4 Å². The van der Waals surface area contributed by atoms with Gasteiger partial charge in [-0.25, -0.2) is 0 Å². The Kier molecular flexibility index (Phi) is 5.58. The number of rotatable bonds is 5. The number of nitrogens with zero attached hydrogens (tertiary/aromatic N) is 1. The summed E-state index contributed by atoms with van der Waals surface area (Å²) in [5.41, 5.74) is 1.13. The van der Waals surface area contributed by atoms with Crippen molar-refractivity contribution in [3.05, 3.63) is 59.2 Å². The van der Waals surface area contributed by atoms with Gasteiger partial charge in [-0.15, -0.1) is 0 Å². The number of carbonyl (C=O) groups is 2. The van der Waals surface area contributed by atoms with E-state index in [4.69, 9.17) is 9.47 Å². The van der Waals surface area contributed by atoms with Gasteiger partial charge in [0.2, 0.25) is 0 Å². The lowest BCUT2D eigenvalue weighted by atomic mass is 9.72. The molecule has 6 nitrogen and oxygen atoms in total. The minimum absolute atomic E-state index is 0.149. The second-order valence-corrected chi connectivity index (χ2v) is 7.05. The molecule has 1 amide bonds. The van der Waals surface area contributed by atoms with E-state index in [1.54, 1.807) is 31.3 Å². The van der Waals surface area contributed by atoms with Gasteiger partial charge >= 0.3 is 5.97 Å². The number of carboxylic acid groups (broad SMARTS) is 1. The third kappa shape index (κ3) is 3.42. The first-order chi connectivity index (χ1) is 13.4. The smallest absolute Gasteiger partial charge is 0.314 e. The van der Waals surface area contributed by atoms with Crippen LogP contribution in [0.5, 0.6) is 11.5 Å². The summed E-state index contributed by atoms with van der Waals surface area (Å²) >= 11 is 0. The molecule has 0 unspecified atom stereocenters. The third-order valence-electron chi connectivity index (χ3n) is 5.64. The lowest BCUT2D eigenvalue weighted by Gasteiger charge is -2.39. The maximum Gasteiger partial charge on any atom is 0.314 e. The van der Waals surface area contributed by atoms with Crippen molar-refractivity contribution in [2.45, 2.75) is 25.2 Å². The Morgan fingerprint density at radius 2 is 1.54 bits per heavy atom. The number of carbonyl (C=O) groups excluding carboxylic acids is 1. The van der Waals surface area contributed by atoms with E-state index in [0.29, 0.717) is 43.0 Å². The first kappa shape index (κ1) is 19.7. The molecule has 0 radical (unpaired) electrons. The number of likely N-dealkylation sites (tertiary alicyclic amines) is 1. The highest BCUT2D eigenvalue weighted by molar-refractivity contribution is 5.95. The van der Waals surface area contributed by atoms with E-state index in [1.165, 1.54) is 0 Å². The fourth-order valence-electron chi connectivity index (χ4n) is 3.87. The van der Waals surface area contributed by atoms with Crippen molar-refractivity contribution in [1.82, 2.24) is 4.90 Å². The normalized spacial score (nSPS) is 15.8. The van der Waals surface area contributed by atoms with E-state index >= 15 is 0 Å². The molecule has 6 heteroatoms. The summed E-state index contributed by atoms with van der Waals surface area (Å²) in [6, 6.07) is 12.7. The summed E-state index contributed by atoms with van der Waals surface area (Å²) in [6.45, 7) is 2.62. The number of carboxylic acids is 1. The van der Waals surface area contributed by atoms with E-state index in [0.717, 1.165) is 11.1 Å². The fraction of sp³-hybridized carbons (Fsp3) is 0.364. The zero-order valence-corrected chi connectivity index (χ0v) is 16.4. The minimum atomic E-state index is -0.958. The highest BCUT2D eigenvalue weighted by Crippen LogP contribution is 2.37. The Bertz CT molecular complexity index is 845. The Labute approximate surface area is 164 Å². The molecule has 1 aliphatic heterocycles. The summed E-state index contributed by atoms with van der Waals surface area (Å²) in [6.07, 6.45) is 0.746. The van der Waals surface area contributed by atoms with Crippen LogP contribution >= 0.6 is 0 Å². The van der Waals surface area contributed by atoms with Gasteiger partial charge in [0.15, 0.2) is 0 Å². The molecule has 3 rings (SSSR count). The highest BCUT2D eigenvalue weighted by atomic mass is 16.5. The molecule has 2 aromatic carbocycles. The Morgan fingerprint density at radius 3 is 2.00 bits per heavy atom. The molecule has 0 atom stereocenters. The molecule has 148 valence electrons. The highest BCUT2D eigenvalue weighted by Gasteiger charge is 2.44. The van der Waals surface area contributed by atoms with Crippen LogP contribution in [-0.4, -0.2) is 49.2 Å². The van der Waals surface area contributed by atoms with Crippen molar-refractivity contribution in [2.24, 2.45) is 0 Å². The van der Waals surface area contributed by atoms with E-state index in [2.05, 4.69) is 0 Å². The van der Waals surface area contributed by atoms with Gasteiger partial charge < -0.3 is 19.5 Å². The molecule has 0 aromatic heterocycles. The minimum Gasteiger partial charge on any atom is -0.496 e. The van der Waals surface area contributed by atoms with Gasteiger partial charge in [-0.05, 0) is 37.5 Å². The number of amides is 1. The molecule has 0 bridgehead atoms. The van der Waals surface area contributed by atoms with Crippen LogP contribution in [-0.2, 0) is 10.2 Å². The Hall–Kier alpha value is -3.02. The summed E-state index contributed by atoms with van der Waals surface area (Å²) in [4.78, 5) is 26.8. The number of methoxy groups -OCH3 is 2. The number of hydrogen-bond donors (Lipinski definition) is 1. The van der Waals surface area contributed by atoms with Gasteiger partial charge in [0.05, 0.1) is 19.6 Å². The van der Waals surface area contributed by atoms with Gasteiger partial charge in [0.1, 0.15) is 11.5 Å². The third-order valence-corrected chi connectivity index (χ3v) is 5.64. The van der Waals surface area contributed by atoms with Crippen LogP contribution in [0.3, 0.4) is 0 Å². The van der Waals surface area contributed by atoms with Gasteiger partial charge in [-0.1, -0.05) is 30.3 Å². The quantitative estimate of drug-likeness (QED) is 0.858. The van der Waals surface area contributed by atoms with E-state index in [9.17, 15) is 14.7 Å². The molecule has 1 aliphatic rings. The second-order valence-electron chi connectivity index (χ2n) is 7.05. The number of benzene rings is 2. The summed E-state index contributed by atoms with van der Waals surface area (Å²) in [5.74, 6) is 0.181. The van der Waals surface area contributed by atoms with Gasteiger partial charge in [0.25, 0.3) is 5.91 Å². The molecule has 0 saturated carbocycles. The predicted molar refractivity (Wildman–Crippen MR) is 105 cm³/mol. The monoisotopic (exact) mass is 383 g/mol. The van der Waals surface area contributed by atoms with E-state index in [-0.39, 0.29) is 5.91 Å². The van der Waals surface area contributed by atoms with Crippen molar-refractivity contribution in [3.63, 3.8) is 0 Å². The molecule has 1 fully saturated rings. The zero-order valence-electron chi connectivity index (χ0n) is 16.4. The van der Waals surface area contributed by atoms with Gasteiger partial charge in [-0.3, -0.25) is 9.59 Å². The van der Waals surface area contributed by atoms with Crippen molar-refractivity contribution in [2.75, 3.05) is 27.3 Å². The number of aliphatic carboxylic acids is 1. The first-order valence-electron chi connectivity index (χ1n) is 9.24. The Morgan fingerprint density at radius 1 is 1.00 bits per heavy atom. The van der Waals surface area contributed by atoms with Crippen LogP contribution < -0.4 is 9.47 Å². The Balaban J connectivity index is 1.83. The van der Waals surface area contributed by atoms with Crippen molar-refractivity contribution in [1.29, 1.82) is 0 Å². The van der Waals surface area contributed by atoms with Crippen LogP contribution in [0.25, 0.3) is 0 Å². The van der Waals surface area contributed by atoms with Crippen LogP contribution in [0.1, 0.15) is 34.3 Å². The summed E-state index contributed by atoms with van der Waals surface area (Å²) < 4.78 is 10.7. The maximum absolute atomic E-state index is 13.0. The molecule has 2 aromatic rings. The van der Waals surface area contributed by atoms with Crippen molar-refractivity contribution in [3.8, 4) is 11.5 Å². The largest absolute Gasteiger partial charge is 0.496 e. The first-order valence-corrected chi connectivity index (χ1v) is 9.24. The SMILES string of the molecule is COc1cc(C(=O)N2CCC(C(=O)O)(c3ccccc3)CC2)cc(OC)c1C. The van der Waals surface area contributed by atoms with Crippen LogP contribution in [0.15, 0.2) is 42.5 Å². The van der Waals surface area contributed by atoms with Crippen LogP contribution in [0, 0.1) is 6.92 Å². The molecule has 0 aliphatic carbocycles. The molecule has 1 saturated heterocycles. The molecule has 1 N–H and O–H groups in total. The van der Waals surface area contributed by atoms with E-state index in [1.807, 2.05) is 37.3 Å². The lowest BCUT2D eigenvalue weighted by molar-refractivity contribution is -0.145. The fourth-order valence-corrected chi connectivity index (χ4v) is 3.87. The van der Waals surface area contributed by atoms with Crippen LogP contribution in [0.4, 0.5) is 0 Å². The molecule has 28 heavy (non-hydrogen) atoms. The van der Waals surface area contributed by atoms with Crippen molar-refractivity contribution < 1.29 is 24.2 Å². The molecule has 0 spiro atoms.